The molecule has 0 heterocycles. The van der Waals surface area contributed by atoms with E-state index in [1.165, 1.54) is 0 Å². The van der Waals surface area contributed by atoms with Crippen LogP contribution in [0, 0.1) is 11.8 Å². The molecule has 1 aliphatic rings. The highest BCUT2D eigenvalue weighted by molar-refractivity contribution is 6.04. The van der Waals surface area contributed by atoms with Gasteiger partial charge in [0.2, 0.25) is 0 Å². The minimum absolute atomic E-state index is 0.391. The SMILES string of the molecule is CCC#CCCc1cc2c(cc1OCC(=O)O)/C(=N/O)CC2. The summed E-state index contributed by atoms with van der Waals surface area (Å²) in [5, 5.41) is 21.1. The molecule has 0 saturated heterocycles. The van der Waals surface area contributed by atoms with E-state index in [2.05, 4.69) is 17.0 Å². The molecule has 1 aromatic carbocycles. The zero-order valence-electron chi connectivity index (χ0n) is 12.6. The van der Waals surface area contributed by atoms with Crippen molar-refractivity contribution < 1.29 is 19.8 Å². The van der Waals surface area contributed by atoms with Crippen LogP contribution < -0.4 is 4.74 Å². The molecule has 0 bridgehead atoms. The van der Waals surface area contributed by atoms with E-state index in [0.29, 0.717) is 30.7 Å². The van der Waals surface area contributed by atoms with E-state index in [1.54, 1.807) is 6.07 Å². The Balaban J connectivity index is 2.27. The van der Waals surface area contributed by atoms with Gasteiger partial charge in [0.25, 0.3) is 0 Å². The minimum atomic E-state index is -1.02. The van der Waals surface area contributed by atoms with Crippen molar-refractivity contribution in [2.45, 2.75) is 39.0 Å². The molecule has 0 aliphatic heterocycles. The Labute approximate surface area is 129 Å². The average Bonchev–Trinajstić information content (AvgIpc) is 2.90. The van der Waals surface area contributed by atoms with Gasteiger partial charge in [-0.15, -0.1) is 11.8 Å². The summed E-state index contributed by atoms with van der Waals surface area (Å²) in [4.78, 5) is 10.7. The molecule has 0 aromatic heterocycles. The van der Waals surface area contributed by atoms with E-state index in [9.17, 15) is 4.79 Å². The zero-order chi connectivity index (χ0) is 15.9. The summed E-state index contributed by atoms with van der Waals surface area (Å²) >= 11 is 0. The molecule has 5 nitrogen and oxygen atoms in total. The summed E-state index contributed by atoms with van der Waals surface area (Å²) in [6.07, 6.45) is 3.74. The molecule has 0 amide bonds. The van der Waals surface area contributed by atoms with Gasteiger partial charge in [-0.1, -0.05) is 18.1 Å². The monoisotopic (exact) mass is 301 g/mol. The first-order valence-corrected chi connectivity index (χ1v) is 7.33. The second-order valence-electron chi connectivity index (χ2n) is 5.05. The van der Waals surface area contributed by atoms with Gasteiger partial charge >= 0.3 is 5.97 Å². The number of benzene rings is 1. The van der Waals surface area contributed by atoms with Crippen LogP contribution in [0.4, 0.5) is 0 Å². The maximum atomic E-state index is 10.7. The fraction of sp³-hybridized carbons (Fsp3) is 0.412. The maximum absolute atomic E-state index is 10.7. The van der Waals surface area contributed by atoms with Gasteiger partial charge in [0.1, 0.15) is 5.75 Å². The summed E-state index contributed by atoms with van der Waals surface area (Å²) in [7, 11) is 0. The molecular formula is C17H19NO4. The lowest BCUT2D eigenvalue weighted by Crippen LogP contribution is -2.11. The Morgan fingerprint density at radius 2 is 2.18 bits per heavy atom. The molecule has 0 unspecified atom stereocenters. The molecule has 0 saturated carbocycles. The van der Waals surface area contributed by atoms with Gasteiger partial charge in [-0.25, -0.2) is 4.79 Å². The van der Waals surface area contributed by atoms with E-state index >= 15 is 0 Å². The Kier molecular flexibility index (Phi) is 5.42. The van der Waals surface area contributed by atoms with Crippen LogP contribution in [0.5, 0.6) is 5.75 Å². The summed E-state index contributed by atoms with van der Waals surface area (Å²) in [5.74, 6) is 5.61. The van der Waals surface area contributed by atoms with Crippen molar-refractivity contribution in [3.8, 4) is 17.6 Å². The van der Waals surface area contributed by atoms with E-state index < -0.39 is 12.6 Å². The van der Waals surface area contributed by atoms with Crippen LogP contribution in [0.15, 0.2) is 17.3 Å². The number of oxime groups is 1. The normalized spacial score (nSPS) is 14.3. The maximum Gasteiger partial charge on any atom is 0.341 e. The largest absolute Gasteiger partial charge is 0.482 e. The molecule has 0 spiro atoms. The lowest BCUT2D eigenvalue weighted by molar-refractivity contribution is -0.139. The van der Waals surface area contributed by atoms with Gasteiger partial charge in [0.15, 0.2) is 6.61 Å². The first-order chi connectivity index (χ1) is 10.7. The first kappa shape index (κ1) is 15.9. The number of hydrogen-bond donors (Lipinski definition) is 2. The molecule has 0 atom stereocenters. The summed E-state index contributed by atoms with van der Waals surface area (Å²) in [6, 6.07) is 3.79. The van der Waals surface area contributed by atoms with Crippen LogP contribution in [0.2, 0.25) is 0 Å². The standard InChI is InChI=1S/C17H19NO4/c1-2-3-4-5-6-13-9-12-7-8-15(18-21)14(12)10-16(13)22-11-17(19)20/h9-10,21H,2,5-8,11H2,1H3,(H,19,20)/b18-15+. The van der Waals surface area contributed by atoms with Crippen molar-refractivity contribution in [2.75, 3.05) is 6.61 Å². The van der Waals surface area contributed by atoms with Crippen LogP contribution >= 0.6 is 0 Å². The second kappa shape index (κ2) is 7.51. The number of fused-ring (bicyclic) bond motifs is 1. The topological polar surface area (TPSA) is 79.1 Å². The molecule has 0 fully saturated rings. The first-order valence-electron chi connectivity index (χ1n) is 7.33. The van der Waals surface area contributed by atoms with Crippen LogP contribution in [0.3, 0.4) is 0 Å². The Morgan fingerprint density at radius 1 is 1.36 bits per heavy atom. The predicted octanol–water partition coefficient (Wildman–Crippen LogP) is 2.62. The third-order valence-electron chi connectivity index (χ3n) is 3.52. The van der Waals surface area contributed by atoms with Gasteiger partial charge in [-0.05, 0) is 36.5 Å². The molecule has 2 N–H and O–H groups in total. The number of aliphatic carboxylic acids is 1. The number of carboxylic acid groups (broad SMARTS) is 1. The van der Waals surface area contributed by atoms with E-state index in [-0.39, 0.29) is 0 Å². The van der Waals surface area contributed by atoms with Crippen LogP contribution in [-0.4, -0.2) is 28.6 Å². The van der Waals surface area contributed by atoms with Gasteiger partial charge in [0, 0.05) is 18.4 Å². The Hall–Kier alpha value is -2.48. The highest BCUT2D eigenvalue weighted by Crippen LogP contribution is 2.31. The fourth-order valence-electron chi connectivity index (χ4n) is 2.52. The molecule has 22 heavy (non-hydrogen) atoms. The molecule has 1 aromatic rings. The summed E-state index contributed by atoms with van der Waals surface area (Å²) in [5.41, 5.74) is 3.51. The molecule has 116 valence electrons. The molecule has 0 radical (unpaired) electrons. The summed E-state index contributed by atoms with van der Waals surface area (Å²) < 4.78 is 5.39. The van der Waals surface area contributed by atoms with E-state index in [0.717, 1.165) is 29.5 Å². The minimum Gasteiger partial charge on any atom is -0.482 e. The quantitative estimate of drug-likeness (QED) is 0.498. The van der Waals surface area contributed by atoms with Gasteiger partial charge in [-0.2, -0.15) is 0 Å². The number of hydrogen-bond acceptors (Lipinski definition) is 4. The third kappa shape index (κ3) is 3.79. The highest BCUT2D eigenvalue weighted by Gasteiger charge is 2.21. The van der Waals surface area contributed by atoms with Crippen molar-refractivity contribution in [1.29, 1.82) is 0 Å². The zero-order valence-corrected chi connectivity index (χ0v) is 12.6. The number of ether oxygens (including phenoxy) is 1. The van der Waals surface area contributed by atoms with Gasteiger partial charge < -0.3 is 15.1 Å². The van der Waals surface area contributed by atoms with Crippen molar-refractivity contribution >= 4 is 11.7 Å². The van der Waals surface area contributed by atoms with E-state index in [4.69, 9.17) is 15.1 Å². The molecular weight excluding hydrogens is 282 g/mol. The molecule has 1 aliphatic carbocycles. The lowest BCUT2D eigenvalue weighted by Gasteiger charge is -2.12. The van der Waals surface area contributed by atoms with Crippen LogP contribution in [0.25, 0.3) is 0 Å². The van der Waals surface area contributed by atoms with Crippen LogP contribution in [0.1, 0.15) is 42.9 Å². The van der Waals surface area contributed by atoms with Gasteiger partial charge in [0.05, 0.1) is 5.71 Å². The molecule has 2 rings (SSSR count). The van der Waals surface area contributed by atoms with E-state index in [1.807, 2.05) is 13.0 Å². The number of carbonyl (C=O) groups is 1. The second-order valence-corrected chi connectivity index (χ2v) is 5.05. The number of nitrogens with zero attached hydrogens (tertiary/aromatic N) is 1. The van der Waals surface area contributed by atoms with Crippen LogP contribution in [-0.2, 0) is 17.6 Å². The predicted molar refractivity (Wildman–Crippen MR) is 82.6 cm³/mol. The Morgan fingerprint density at radius 3 is 2.86 bits per heavy atom. The van der Waals surface area contributed by atoms with Crippen molar-refractivity contribution in [1.82, 2.24) is 0 Å². The number of carboxylic acids is 1. The van der Waals surface area contributed by atoms with Crippen molar-refractivity contribution in [2.24, 2.45) is 5.16 Å². The number of aryl methyl sites for hydroxylation is 2. The van der Waals surface area contributed by atoms with Crippen molar-refractivity contribution in [3.05, 3.63) is 28.8 Å². The third-order valence-corrected chi connectivity index (χ3v) is 3.52. The lowest BCUT2D eigenvalue weighted by atomic mass is 10.0. The van der Waals surface area contributed by atoms with Crippen molar-refractivity contribution in [3.63, 3.8) is 0 Å². The molecule has 5 heteroatoms. The number of rotatable bonds is 5. The highest BCUT2D eigenvalue weighted by atomic mass is 16.5. The smallest absolute Gasteiger partial charge is 0.341 e. The fourth-order valence-corrected chi connectivity index (χ4v) is 2.52. The Bertz CT molecular complexity index is 653. The summed E-state index contributed by atoms with van der Waals surface area (Å²) in [6.45, 7) is 1.61. The average molecular weight is 301 g/mol. The van der Waals surface area contributed by atoms with Gasteiger partial charge in [-0.3, -0.25) is 0 Å².